The van der Waals surface area contributed by atoms with Crippen molar-refractivity contribution in [2.24, 2.45) is 16.7 Å². The van der Waals surface area contributed by atoms with Crippen LogP contribution in [0.2, 0.25) is 0 Å². The van der Waals surface area contributed by atoms with Crippen LogP contribution in [-0.4, -0.2) is 38.1 Å². The molecule has 1 saturated heterocycles. The summed E-state index contributed by atoms with van der Waals surface area (Å²) in [6, 6.07) is 0. The van der Waals surface area contributed by atoms with Crippen molar-refractivity contribution in [1.82, 2.24) is 10.2 Å². The summed E-state index contributed by atoms with van der Waals surface area (Å²) in [4.78, 5) is 2.80. The van der Waals surface area contributed by atoms with Gasteiger partial charge in [0.25, 0.3) is 0 Å². The zero-order chi connectivity index (χ0) is 15.3. The Morgan fingerprint density at radius 3 is 2.33 bits per heavy atom. The van der Waals surface area contributed by atoms with Gasteiger partial charge in [-0.15, -0.1) is 0 Å². The van der Waals surface area contributed by atoms with E-state index in [1.165, 1.54) is 77.5 Å². The minimum atomic E-state index is 0.490. The van der Waals surface area contributed by atoms with E-state index >= 15 is 0 Å². The summed E-state index contributed by atoms with van der Waals surface area (Å²) in [5, 5.41) is 3.49. The Balaban J connectivity index is 1.92. The zero-order valence-corrected chi connectivity index (χ0v) is 15.0. The Kier molecular flexibility index (Phi) is 6.14. The van der Waals surface area contributed by atoms with E-state index in [1.807, 2.05) is 0 Å². The minimum absolute atomic E-state index is 0.490. The quantitative estimate of drug-likeness (QED) is 0.831. The molecule has 2 nitrogen and oxygen atoms in total. The maximum absolute atomic E-state index is 3.49. The molecule has 0 aromatic heterocycles. The largest absolute Gasteiger partial charge is 0.319 e. The van der Waals surface area contributed by atoms with Gasteiger partial charge in [0, 0.05) is 13.1 Å². The lowest BCUT2D eigenvalue weighted by molar-refractivity contribution is 0.103. The van der Waals surface area contributed by atoms with E-state index in [4.69, 9.17) is 0 Å². The molecule has 1 unspecified atom stereocenters. The van der Waals surface area contributed by atoms with E-state index in [-0.39, 0.29) is 0 Å². The van der Waals surface area contributed by atoms with Gasteiger partial charge in [0.05, 0.1) is 0 Å². The topological polar surface area (TPSA) is 15.3 Å². The zero-order valence-electron chi connectivity index (χ0n) is 15.0. The molecule has 2 heteroatoms. The highest BCUT2D eigenvalue weighted by atomic mass is 15.1. The van der Waals surface area contributed by atoms with Crippen LogP contribution in [0.3, 0.4) is 0 Å². The molecule has 1 atom stereocenters. The molecule has 1 heterocycles. The summed E-state index contributed by atoms with van der Waals surface area (Å²) < 4.78 is 0. The Morgan fingerprint density at radius 1 is 1.00 bits per heavy atom. The lowest BCUT2D eigenvalue weighted by Crippen LogP contribution is -2.45. The van der Waals surface area contributed by atoms with Crippen LogP contribution in [0, 0.1) is 16.7 Å². The van der Waals surface area contributed by atoms with Gasteiger partial charge < -0.3 is 10.2 Å². The maximum Gasteiger partial charge on any atom is 0.00501 e. The Labute approximate surface area is 133 Å². The predicted octanol–water partition coefficient (Wildman–Crippen LogP) is 4.30. The first kappa shape index (κ1) is 17.3. The second-order valence-corrected chi connectivity index (χ2v) is 8.86. The molecular formula is C19H38N2. The van der Waals surface area contributed by atoms with Crippen LogP contribution in [-0.2, 0) is 0 Å². The maximum atomic E-state index is 3.49. The molecule has 2 rings (SSSR count). The molecule has 1 N–H and O–H groups in total. The highest BCUT2D eigenvalue weighted by molar-refractivity contribution is 4.89. The minimum Gasteiger partial charge on any atom is -0.319 e. The summed E-state index contributed by atoms with van der Waals surface area (Å²) in [5.74, 6) is 0.911. The van der Waals surface area contributed by atoms with E-state index < -0.39 is 0 Å². The van der Waals surface area contributed by atoms with Crippen LogP contribution < -0.4 is 5.32 Å². The fourth-order valence-corrected chi connectivity index (χ4v) is 4.72. The average Bonchev–Trinajstić information content (AvgIpc) is 2.65. The molecule has 1 aliphatic carbocycles. The number of hydrogen-bond acceptors (Lipinski definition) is 2. The molecule has 1 saturated carbocycles. The summed E-state index contributed by atoms with van der Waals surface area (Å²) in [6.07, 6.45) is 11.5. The predicted molar refractivity (Wildman–Crippen MR) is 92.7 cm³/mol. The van der Waals surface area contributed by atoms with Crippen molar-refractivity contribution in [3.8, 4) is 0 Å². The van der Waals surface area contributed by atoms with E-state index in [9.17, 15) is 0 Å². The lowest BCUT2D eigenvalue weighted by atomic mass is 9.73. The number of likely N-dealkylation sites (tertiary alicyclic amines) is 1. The first-order valence-corrected chi connectivity index (χ1v) is 9.32. The van der Waals surface area contributed by atoms with Crippen molar-refractivity contribution >= 4 is 0 Å². The smallest absolute Gasteiger partial charge is 0.00501 e. The molecule has 0 aromatic rings. The summed E-state index contributed by atoms with van der Waals surface area (Å²) in [6.45, 7) is 12.5. The molecule has 0 aromatic carbocycles. The van der Waals surface area contributed by atoms with Crippen molar-refractivity contribution in [3.63, 3.8) is 0 Å². The summed E-state index contributed by atoms with van der Waals surface area (Å²) in [7, 11) is 2.13. The van der Waals surface area contributed by atoms with Crippen molar-refractivity contribution in [3.05, 3.63) is 0 Å². The molecule has 21 heavy (non-hydrogen) atoms. The van der Waals surface area contributed by atoms with Crippen molar-refractivity contribution in [2.45, 2.75) is 72.1 Å². The van der Waals surface area contributed by atoms with Crippen LogP contribution >= 0.6 is 0 Å². The van der Waals surface area contributed by atoms with E-state index in [0.717, 1.165) is 5.92 Å². The van der Waals surface area contributed by atoms with Gasteiger partial charge in [-0.05, 0) is 69.0 Å². The van der Waals surface area contributed by atoms with Gasteiger partial charge in [-0.25, -0.2) is 0 Å². The average molecular weight is 295 g/mol. The van der Waals surface area contributed by atoms with E-state index in [1.54, 1.807) is 0 Å². The van der Waals surface area contributed by atoms with Crippen LogP contribution in [0.1, 0.15) is 72.1 Å². The van der Waals surface area contributed by atoms with Gasteiger partial charge in [-0.3, -0.25) is 0 Å². The molecule has 0 amide bonds. The lowest BCUT2D eigenvalue weighted by Gasteiger charge is -2.41. The van der Waals surface area contributed by atoms with Crippen molar-refractivity contribution in [1.29, 1.82) is 0 Å². The summed E-state index contributed by atoms with van der Waals surface area (Å²) in [5.41, 5.74) is 1.05. The number of hydrogen-bond donors (Lipinski definition) is 1. The van der Waals surface area contributed by atoms with Gasteiger partial charge in [0.15, 0.2) is 0 Å². The highest BCUT2D eigenvalue weighted by Crippen LogP contribution is 2.38. The molecule has 2 aliphatic rings. The molecular weight excluding hydrogens is 256 g/mol. The van der Waals surface area contributed by atoms with Crippen LogP contribution in [0.4, 0.5) is 0 Å². The van der Waals surface area contributed by atoms with E-state index in [0.29, 0.717) is 10.8 Å². The second kappa shape index (κ2) is 7.46. The molecule has 124 valence electrons. The van der Waals surface area contributed by atoms with Crippen LogP contribution in [0.5, 0.6) is 0 Å². The highest BCUT2D eigenvalue weighted by Gasteiger charge is 2.34. The third-order valence-electron chi connectivity index (χ3n) is 6.07. The van der Waals surface area contributed by atoms with Gasteiger partial charge >= 0.3 is 0 Å². The Morgan fingerprint density at radius 2 is 1.71 bits per heavy atom. The summed E-state index contributed by atoms with van der Waals surface area (Å²) >= 11 is 0. The third kappa shape index (κ3) is 4.96. The second-order valence-electron chi connectivity index (χ2n) is 8.86. The molecule has 0 spiro atoms. The number of nitrogens with zero attached hydrogens (tertiary/aromatic N) is 1. The van der Waals surface area contributed by atoms with Crippen LogP contribution in [0.25, 0.3) is 0 Å². The fraction of sp³-hybridized carbons (Fsp3) is 1.00. The monoisotopic (exact) mass is 294 g/mol. The SMILES string of the molecule is CNCC1(CN2CCCC(C(C)(C)C)CC2)CCCCC1. The third-order valence-corrected chi connectivity index (χ3v) is 6.07. The fourth-order valence-electron chi connectivity index (χ4n) is 4.72. The first-order chi connectivity index (χ1) is 9.95. The van der Waals surface area contributed by atoms with Gasteiger partial charge in [-0.1, -0.05) is 40.0 Å². The molecule has 0 radical (unpaired) electrons. The van der Waals surface area contributed by atoms with Gasteiger partial charge in [0.2, 0.25) is 0 Å². The molecule has 1 aliphatic heterocycles. The first-order valence-electron chi connectivity index (χ1n) is 9.32. The van der Waals surface area contributed by atoms with Crippen molar-refractivity contribution in [2.75, 3.05) is 33.2 Å². The number of rotatable bonds is 4. The van der Waals surface area contributed by atoms with Gasteiger partial charge in [-0.2, -0.15) is 0 Å². The standard InChI is InChI=1S/C19H38N2/c1-18(2,3)17-9-8-13-21(14-10-17)16-19(15-20-4)11-6-5-7-12-19/h17,20H,5-16H2,1-4H3. The van der Waals surface area contributed by atoms with Crippen LogP contribution in [0.15, 0.2) is 0 Å². The number of nitrogens with one attached hydrogen (secondary N) is 1. The Bertz CT molecular complexity index is 294. The normalized spacial score (nSPS) is 28.3. The van der Waals surface area contributed by atoms with Crippen molar-refractivity contribution < 1.29 is 0 Å². The van der Waals surface area contributed by atoms with Gasteiger partial charge in [0.1, 0.15) is 0 Å². The Hall–Kier alpha value is -0.0800. The molecule has 0 bridgehead atoms. The van der Waals surface area contributed by atoms with E-state index in [2.05, 4.69) is 38.0 Å². The molecule has 2 fully saturated rings.